The van der Waals surface area contributed by atoms with E-state index in [4.69, 9.17) is 0 Å². The SMILES string of the molecule is Cc1ccc(C(C)(C)c2ccc(C)c(C)c2)cc1C. The molecule has 0 aliphatic rings. The Labute approximate surface area is 117 Å². The van der Waals surface area contributed by atoms with Crippen molar-refractivity contribution in [2.45, 2.75) is 47.0 Å². The van der Waals surface area contributed by atoms with Crippen molar-refractivity contribution < 1.29 is 0 Å². The molecule has 0 saturated heterocycles. The minimum Gasteiger partial charge on any atom is -0.0588 e. The molecule has 0 unspecified atom stereocenters. The van der Waals surface area contributed by atoms with Gasteiger partial charge in [-0.3, -0.25) is 0 Å². The van der Waals surface area contributed by atoms with E-state index in [9.17, 15) is 0 Å². The summed E-state index contributed by atoms with van der Waals surface area (Å²) in [5.74, 6) is 0. The van der Waals surface area contributed by atoms with E-state index in [1.54, 1.807) is 0 Å². The third-order valence-corrected chi connectivity index (χ3v) is 4.46. The highest BCUT2D eigenvalue weighted by atomic mass is 14.3. The molecule has 0 fully saturated rings. The standard InChI is InChI=1S/C19H24/c1-13-7-9-17(11-15(13)3)19(5,6)18-10-8-14(2)16(4)12-18/h7-12H,1-6H3. The average Bonchev–Trinajstić information content (AvgIpc) is 2.35. The van der Waals surface area contributed by atoms with E-state index in [1.807, 2.05) is 0 Å². The number of hydrogen-bond donors (Lipinski definition) is 0. The minimum absolute atomic E-state index is 0.0525. The van der Waals surface area contributed by atoms with Crippen LogP contribution >= 0.6 is 0 Å². The van der Waals surface area contributed by atoms with E-state index in [0.29, 0.717) is 0 Å². The summed E-state index contributed by atoms with van der Waals surface area (Å²) < 4.78 is 0. The molecule has 0 bridgehead atoms. The highest BCUT2D eigenvalue weighted by molar-refractivity contribution is 5.43. The molecule has 0 amide bonds. The smallest absolute Gasteiger partial charge is 0.0146 e. The lowest BCUT2D eigenvalue weighted by molar-refractivity contribution is 0.639. The van der Waals surface area contributed by atoms with Crippen LogP contribution in [0.2, 0.25) is 0 Å². The van der Waals surface area contributed by atoms with Crippen molar-refractivity contribution in [3.63, 3.8) is 0 Å². The van der Waals surface area contributed by atoms with Crippen molar-refractivity contribution in [1.82, 2.24) is 0 Å². The van der Waals surface area contributed by atoms with Crippen LogP contribution in [0, 0.1) is 27.7 Å². The molecule has 100 valence electrons. The maximum absolute atomic E-state index is 2.32. The first-order valence-electron chi connectivity index (χ1n) is 6.98. The zero-order chi connectivity index (χ0) is 14.2. The molecule has 0 nitrogen and oxygen atoms in total. The minimum atomic E-state index is 0.0525. The van der Waals surface area contributed by atoms with Crippen LogP contribution in [0.5, 0.6) is 0 Å². The first-order valence-corrected chi connectivity index (χ1v) is 6.98. The van der Waals surface area contributed by atoms with Crippen LogP contribution in [-0.4, -0.2) is 0 Å². The molecule has 0 radical (unpaired) electrons. The molecule has 0 N–H and O–H groups in total. The molecule has 2 rings (SSSR count). The molecule has 2 aromatic rings. The fourth-order valence-electron chi connectivity index (χ4n) is 2.43. The second kappa shape index (κ2) is 4.85. The van der Waals surface area contributed by atoms with Gasteiger partial charge in [-0.15, -0.1) is 0 Å². The summed E-state index contributed by atoms with van der Waals surface area (Å²) >= 11 is 0. The molecule has 0 saturated carbocycles. The Bertz CT molecular complexity index is 550. The van der Waals surface area contributed by atoms with Crippen LogP contribution < -0.4 is 0 Å². The van der Waals surface area contributed by atoms with Gasteiger partial charge in [0.05, 0.1) is 0 Å². The summed E-state index contributed by atoms with van der Waals surface area (Å²) in [7, 11) is 0. The Kier molecular flexibility index (Phi) is 3.54. The molecular formula is C19H24. The van der Waals surface area contributed by atoms with Crippen molar-refractivity contribution in [2.24, 2.45) is 0 Å². The molecule has 0 aliphatic carbocycles. The quantitative estimate of drug-likeness (QED) is 0.685. The fraction of sp³-hybridized carbons (Fsp3) is 0.368. The summed E-state index contributed by atoms with van der Waals surface area (Å²) in [6, 6.07) is 13.6. The highest BCUT2D eigenvalue weighted by Crippen LogP contribution is 2.33. The largest absolute Gasteiger partial charge is 0.0588 e. The normalized spacial score (nSPS) is 11.7. The first kappa shape index (κ1) is 13.9. The van der Waals surface area contributed by atoms with Gasteiger partial charge in [0, 0.05) is 5.41 Å². The molecule has 2 aromatic carbocycles. The number of benzene rings is 2. The van der Waals surface area contributed by atoms with Gasteiger partial charge in [-0.25, -0.2) is 0 Å². The number of aryl methyl sites for hydroxylation is 4. The van der Waals surface area contributed by atoms with Gasteiger partial charge in [0.2, 0.25) is 0 Å². The van der Waals surface area contributed by atoms with Crippen molar-refractivity contribution in [3.8, 4) is 0 Å². The fourth-order valence-corrected chi connectivity index (χ4v) is 2.43. The highest BCUT2D eigenvalue weighted by Gasteiger charge is 2.23. The lowest BCUT2D eigenvalue weighted by Gasteiger charge is -2.27. The summed E-state index contributed by atoms with van der Waals surface area (Å²) in [5, 5.41) is 0. The molecule has 0 heterocycles. The number of hydrogen-bond acceptors (Lipinski definition) is 0. The molecule has 0 spiro atoms. The van der Waals surface area contributed by atoms with Crippen molar-refractivity contribution in [2.75, 3.05) is 0 Å². The van der Waals surface area contributed by atoms with Crippen LogP contribution in [0.4, 0.5) is 0 Å². The van der Waals surface area contributed by atoms with Crippen molar-refractivity contribution >= 4 is 0 Å². The third kappa shape index (κ3) is 2.58. The van der Waals surface area contributed by atoms with E-state index in [0.717, 1.165) is 0 Å². The van der Waals surface area contributed by atoms with Crippen LogP contribution in [-0.2, 0) is 5.41 Å². The average molecular weight is 252 g/mol. The van der Waals surface area contributed by atoms with Gasteiger partial charge in [-0.05, 0) is 61.1 Å². The summed E-state index contributed by atoms with van der Waals surface area (Å²) in [6.07, 6.45) is 0. The van der Waals surface area contributed by atoms with Gasteiger partial charge >= 0.3 is 0 Å². The summed E-state index contributed by atoms with van der Waals surface area (Å²) in [5.41, 5.74) is 8.29. The number of rotatable bonds is 2. The Hall–Kier alpha value is -1.56. The Morgan fingerprint density at radius 1 is 0.579 bits per heavy atom. The lowest BCUT2D eigenvalue weighted by Crippen LogP contribution is -2.19. The maximum Gasteiger partial charge on any atom is 0.0146 e. The van der Waals surface area contributed by atoms with Gasteiger partial charge in [0.25, 0.3) is 0 Å². The van der Waals surface area contributed by atoms with Crippen LogP contribution in [0.3, 0.4) is 0 Å². The Balaban J connectivity index is 2.51. The Morgan fingerprint density at radius 3 is 1.26 bits per heavy atom. The van der Waals surface area contributed by atoms with Gasteiger partial charge in [-0.2, -0.15) is 0 Å². The molecule has 0 aliphatic heterocycles. The summed E-state index contributed by atoms with van der Waals surface area (Å²) in [4.78, 5) is 0. The first-order chi connectivity index (χ1) is 8.82. The predicted octanol–water partition coefficient (Wildman–Crippen LogP) is 5.25. The van der Waals surface area contributed by atoms with Crippen molar-refractivity contribution in [1.29, 1.82) is 0 Å². The zero-order valence-electron chi connectivity index (χ0n) is 13.0. The maximum atomic E-state index is 2.32. The Morgan fingerprint density at radius 2 is 0.947 bits per heavy atom. The zero-order valence-corrected chi connectivity index (χ0v) is 13.0. The van der Waals surface area contributed by atoms with Gasteiger partial charge in [0.15, 0.2) is 0 Å². The second-order valence-electron chi connectivity index (χ2n) is 6.22. The van der Waals surface area contributed by atoms with E-state index in [1.165, 1.54) is 33.4 Å². The van der Waals surface area contributed by atoms with Crippen LogP contribution in [0.25, 0.3) is 0 Å². The molecule has 0 aromatic heterocycles. The van der Waals surface area contributed by atoms with Gasteiger partial charge in [0.1, 0.15) is 0 Å². The van der Waals surface area contributed by atoms with Gasteiger partial charge < -0.3 is 0 Å². The van der Waals surface area contributed by atoms with E-state index >= 15 is 0 Å². The van der Waals surface area contributed by atoms with E-state index in [2.05, 4.69) is 77.9 Å². The van der Waals surface area contributed by atoms with E-state index < -0.39 is 0 Å². The third-order valence-electron chi connectivity index (χ3n) is 4.46. The molecule has 19 heavy (non-hydrogen) atoms. The topological polar surface area (TPSA) is 0 Å². The monoisotopic (exact) mass is 252 g/mol. The molecule has 0 atom stereocenters. The molecular weight excluding hydrogens is 228 g/mol. The lowest BCUT2D eigenvalue weighted by atomic mass is 9.76. The predicted molar refractivity (Wildman–Crippen MR) is 84.0 cm³/mol. The van der Waals surface area contributed by atoms with Crippen LogP contribution in [0.15, 0.2) is 36.4 Å². The van der Waals surface area contributed by atoms with Crippen LogP contribution in [0.1, 0.15) is 47.2 Å². The van der Waals surface area contributed by atoms with Gasteiger partial charge in [-0.1, -0.05) is 50.2 Å². The summed E-state index contributed by atoms with van der Waals surface area (Å²) in [6.45, 7) is 13.3. The van der Waals surface area contributed by atoms with E-state index in [-0.39, 0.29) is 5.41 Å². The van der Waals surface area contributed by atoms with Crippen molar-refractivity contribution in [3.05, 3.63) is 69.8 Å². The second-order valence-corrected chi connectivity index (χ2v) is 6.22. The molecule has 0 heteroatoms.